The molecule has 5 nitrogen and oxygen atoms in total. The molecule has 0 saturated heterocycles. The fourth-order valence-corrected chi connectivity index (χ4v) is 2.14. The quantitative estimate of drug-likeness (QED) is 0.802. The van der Waals surface area contributed by atoms with Crippen LogP contribution in [-0.2, 0) is 4.79 Å². The summed E-state index contributed by atoms with van der Waals surface area (Å²) in [7, 11) is 0. The highest BCUT2D eigenvalue weighted by molar-refractivity contribution is 7.98. The molecule has 2 rings (SSSR count). The van der Waals surface area contributed by atoms with E-state index in [1.807, 2.05) is 30.5 Å². The average molecular weight is 316 g/mol. The normalized spacial score (nSPS) is 10.0. The number of thioether (sulfide) groups is 1. The molecule has 0 saturated carbocycles. The molecule has 0 heterocycles. The van der Waals surface area contributed by atoms with Gasteiger partial charge in [0.05, 0.1) is 0 Å². The number of nitrogens with one attached hydrogen (secondary N) is 1. The van der Waals surface area contributed by atoms with Gasteiger partial charge in [0.25, 0.3) is 5.91 Å². The van der Waals surface area contributed by atoms with Gasteiger partial charge in [-0.15, -0.1) is 11.8 Å². The zero-order valence-corrected chi connectivity index (χ0v) is 12.9. The third kappa shape index (κ3) is 4.53. The van der Waals surface area contributed by atoms with Crippen molar-refractivity contribution in [3.05, 3.63) is 54.1 Å². The van der Waals surface area contributed by atoms with Gasteiger partial charge in [-0.2, -0.15) is 0 Å². The van der Waals surface area contributed by atoms with Crippen molar-refractivity contribution in [1.29, 1.82) is 0 Å². The van der Waals surface area contributed by atoms with E-state index in [9.17, 15) is 9.59 Å². The minimum absolute atomic E-state index is 0.0871. The molecule has 6 heteroatoms. The lowest BCUT2D eigenvalue weighted by Gasteiger charge is -2.08. The number of carbonyl (C=O) groups excluding carboxylic acids is 2. The first-order valence-corrected chi connectivity index (χ1v) is 7.77. The van der Waals surface area contributed by atoms with Crippen LogP contribution in [0.2, 0.25) is 0 Å². The number of primary amides is 1. The van der Waals surface area contributed by atoms with Crippen molar-refractivity contribution < 1.29 is 14.3 Å². The van der Waals surface area contributed by atoms with Gasteiger partial charge in [-0.1, -0.05) is 0 Å². The van der Waals surface area contributed by atoms with Gasteiger partial charge in [0.2, 0.25) is 5.91 Å². The molecule has 0 aliphatic heterocycles. The predicted molar refractivity (Wildman–Crippen MR) is 87.3 cm³/mol. The second-order valence-electron chi connectivity index (χ2n) is 4.45. The molecule has 2 aromatic rings. The summed E-state index contributed by atoms with van der Waals surface area (Å²) in [6, 6.07) is 13.8. The maximum absolute atomic E-state index is 11.8. The number of hydrogen-bond acceptors (Lipinski definition) is 4. The molecule has 3 N–H and O–H groups in total. The molecule has 114 valence electrons. The van der Waals surface area contributed by atoms with Gasteiger partial charge in [0.15, 0.2) is 6.61 Å². The zero-order chi connectivity index (χ0) is 15.9. The van der Waals surface area contributed by atoms with Crippen LogP contribution >= 0.6 is 11.8 Å². The molecule has 0 unspecified atom stereocenters. The number of benzene rings is 2. The van der Waals surface area contributed by atoms with Gasteiger partial charge >= 0.3 is 0 Å². The highest BCUT2D eigenvalue weighted by Crippen LogP contribution is 2.19. The molecule has 0 aromatic heterocycles. The Bertz CT molecular complexity index is 654. The van der Waals surface area contributed by atoms with Gasteiger partial charge in [0.1, 0.15) is 5.75 Å². The van der Waals surface area contributed by atoms with Crippen molar-refractivity contribution in [3.8, 4) is 5.75 Å². The summed E-state index contributed by atoms with van der Waals surface area (Å²) in [5.74, 6) is -0.146. The van der Waals surface area contributed by atoms with E-state index in [1.165, 1.54) is 0 Å². The van der Waals surface area contributed by atoms with Crippen LogP contribution in [0.4, 0.5) is 5.69 Å². The molecule has 0 radical (unpaired) electrons. The number of carbonyl (C=O) groups is 2. The van der Waals surface area contributed by atoms with Gasteiger partial charge in [-0.05, 0) is 54.8 Å². The van der Waals surface area contributed by atoms with E-state index in [0.29, 0.717) is 17.0 Å². The minimum Gasteiger partial charge on any atom is -0.484 e. The molecule has 0 bridgehead atoms. The number of ether oxygens (including phenoxy) is 1. The van der Waals surface area contributed by atoms with E-state index in [1.54, 1.807) is 36.0 Å². The fourth-order valence-electron chi connectivity index (χ4n) is 1.74. The third-order valence-electron chi connectivity index (χ3n) is 2.88. The van der Waals surface area contributed by atoms with Crippen LogP contribution in [0.3, 0.4) is 0 Å². The number of nitrogens with two attached hydrogens (primary N) is 1. The molecule has 0 spiro atoms. The van der Waals surface area contributed by atoms with Crippen molar-refractivity contribution in [2.75, 3.05) is 18.2 Å². The van der Waals surface area contributed by atoms with Gasteiger partial charge in [-0.3, -0.25) is 9.59 Å². The van der Waals surface area contributed by atoms with E-state index in [-0.39, 0.29) is 12.5 Å². The SMILES string of the molecule is CSc1ccc(OCC(=O)Nc2ccc(C(N)=O)cc2)cc1. The summed E-state index contributed by atoms with van der Waals surface area (Å²) in [5.41, 5.74) is 6.12. The molecule has 22 heavy (non-hydrogen) atoms. The first kappa shape index (κ1) is 15.9. The first-order valence-electron chi connectivity index (χ1n) is 6.55. The highest BCUT2D eigenvalue weighted by atomic mass is 32.2. The van der Waals surface area contributed by atoms with E-state index in [4.69, 9.17) is 10.5 Å². The lowest BCUT2D eigenvalue weighted by Crippen LogP contribution is -2.20. The fraction of sp³-hybridized carbons (Fsp3) is 0.125. The number of anilines is 1. The van der Waals surface area contributed by atoms with Crippen molar-refractivity contribution in [1.82, 2.24) is 0 Å². The van der Waals surface area contributed by atoms with Crippen molar-refractivity contribution in [2.45, 2.75) is 4.90 Å². The van der Waals surface area contributed by atoms with Crippen LogP contribution < -0.4 is 15.8 Å². The molecular formula is C16H16N2O3S. The Morgan fingerprint density at radius 3 is 2.27 bits per heavy atom. The lowest BCUT2D eigenvalue weighted by molar-refractivity contribution is -0.118. The Balaban J connectivity index is 1.85. The summed E-state index contributed by atoms with van der Waals surface area (Å²) in [6.07, 6.45) is 1.99. The van der Waals surface area contributed by atoms with Crippen molar-refractivity contribution >= 4 is 29.3 Å². The Kier molecular flexibility index (Phi) is 5.43. The Morgan fingerprint density at radius 2 is 1.73 bits per heavy atom. The number of rotatable bonds is 6. The summed E-state index contributed by atoms with van der Waals surface area (Å²) < 4.78 is 5.41. The maximum atomic E-state index is 11.8. The highest BCUT2D eigenvalue weighted by Gasteiger charge is 2.05. The average Bonchev–Trinajstić information content (AvgIpc) is 2.54. The molecule has 2 amide bonds. The van der Waals surface area contributed by atoms with Crippen LogP contribution in [0.25, 0.3) is 0 Å². The van der Waals surface area contributed by atoms with Gasteiger partial charge < -0.3 is 15.8 Å². The van der Waals surface area contributed by atoms with E-state index >= 15 is 0 Å². The van der Waals surface area contributed by atoms with Gasteiger partial charge in [0, 0.05) is 16.1 Å². The summed E-state index contributed by atoms with van der Waals surface area (Å²) >= 11 is 1.64. The zero-order valence-electron chi connectivity index (χ0n) is 12.0. The van der Waals surface area contributed by atoms with Crippen molar-refractivity contribution in [3.63, 3.8) is 0 Å². The summed E-state index contributed by atoms with van der Waals surface area (Å²) in [4.78, 5) is 23.9. The van der Waals surface area contributed by atoms with E-state index in [2.05, 4.69) is 5.32 Å². The maximum Gasteiger partial charge on any atom is 0.262 e. The smallest absolute Gasteiger partial charge is 0.262 e. The second kappa shape index (κ2) is 7.51. The Hall–Kier alpha value is -2.47. The molecule has 2 aromatic carbocycles. The minimum atomic E-state index is -0.505. The summed E-state index contributed by atoms with van der Waals surface area (Å²) in [5, 5.41) is 2.68. The Labute approximate surface area is 132 Å². The van der Waals surface area contributed by atoms with Gasteiger partial charge in [-0.25, -0.2) is 0 Å². The predicted octanol–water partition coefficient (Wildman–Crippen LogP) is 2.52. The molecular weight excluding hydrogens is 300 g/mol. The second-order valence-corrected chi connectivity index (χ2v) is 5.33. The standard InChI is InChI=1S/C16H16N2O3S/c1-22-14-8-6-13(7-9-14)21-10-15(19)18-12-4-2-11(3-5-12)16(17)20/h2-9H,10H2,1H3,(H2,17,20)(H,18,19). The van der Waals surface area contributed by atoms with Crippen LogP contribution in [0.15, 0.2) is 53.4 Å². The van der Waals surface area contributed by atoms with Crippen LogP contribution in [0.1, 0.15) is 10.4 Å². The van der Waals surface area contributed by atoms with Crippen LogP contribution in [0, 0.1) is 0 Å². The topological polar surface area (TPSA) is 81.4 Å². The molecule has 0 aliphatic carbocycles. The number of amides is 2. The van der Waals surface area contributed by atoms with Crippen molar-refractivity contribution in [2.24, 2.45) is 5.73 Å². The monoisotopic (exact) mass is 316 g/mol. The molecule has 0 atom stereocenters. The third-order valence-corrected chi connectivity index (χ3v) is 3.63. The van der Waals surface area contributed by atoms with Crippen LogP contribution in [0.5, 0.6) is 5.75 Å². The Morgan fingerprint density at radius 1 is 1.09 bits per heavy atom. The van der Waals surface area contributed by atoms with E-state index in [0.717, 1.165) is 4.90 Å². The summed E-state index contributed by atoms with van der Waals surface area (Å²) in [6.45, 7) is -0.0871. The van der Waals surface area contributed by atoms with Crippen LogP contribution in [-0.4, -0.2) is 24.7 Å². The van der Waals surface area contributed by atoms with E-state index < -0.39 is 5.91 Å². The molecule has 0 aliphatic rings. The first-order chi connectivity index (χ1) is 10.6. The number of hydrogen-bond donors (Lipinski definition) is 2. The largest absolute Gasteiger partial charge is 0.484 e. The molecule has 0 fully saturated rings. The lowest BCUT2D eigenvalue weighted by atomic mass is 10.2.